The number of hydrogen-bond donors (Lipinski definition) is 1. The lowest BCUT2D eigenvalue weighted by atomic mass is 10.1. The van der Waals surface area contributed by atoms with E-state index in [4.69, 9.17) is 5.73 Å². The summed E-state index contributed by atoms with van der Waals surface area (Å²) in [6.07, 6.45) is 10.9. The molecular weight excluding hydrogens is 464 g/mol. The summed E-state index contributed by atoms with van der Waals surface area (Å²) in [7, 11) is 0. The van der Waals surface area contributed by atoms with Crippen molar-refractivity contribution in [1.82, 2.24) is 29.7 Å². The van der Waals surface area contributed by atoms with Crippen LogP contribution in [0.2, 0.25) is 0 Å². The Balaban J connectivity index is 1.27. The van der Waals surface area contributed by atoms with E-state index in [9.17, 15) is 5.26 Å². The monoisotopic (exact) mass is 498 g/mol. The highest BCUT2D eigenvalue weighted by atomic mass is 15.4. The molecule has 1 aliphatic carbocycles. The van der Waals surface area contributed by atoms with Gasteiger partial charge in [-0.1, -0.05) is 24.7 Å². The molecule has 0 spiro atoms. The number of aliphatic imine (C=N–C) groups is 1. The molecule has 10 nitrogen and oxygen atoms in total. The maximum atomic E-state index is 9.44. The third-order valence-corrected chi connectivity index (χ3v) is 7.53. The first kappa shape index (κ1) is 24.8. The molecule has 2 N–H and O–H groups in total. The van der Waals surface area contributed by atoms with Crippen molar-refractivity contribution in [1.29, 1.82) is 5.26 Å². The van der Waals surface area contributed by atoms with Crippen LogP contribution in [0.4, 0.5) is 11.8 Å². The zero-order valence-corrected chi connectivity index (χ0v) is 21.5. The number of anilines is 2. The second-order valence-corrected chi connectivity index (χ2v) is 9.80. The second kappa shape index (κ2) is 11.4. The predicted molar refractivity (Wildman–Crippen MR) is 144 cm³/mol. The minimum Gasteiger partial charge on any atom is -0.368 e. The van der Waals surface area contributed by atoms with Gasteiger partial charge in [-0.25, -0.2) is 4.98 Å². The van der Waals surface area contributed by atoms with E-state index in [2.05, 4.69) is 51.4 Å². The Morgan fingerprint density at radius 1 is 1.00 bits per heavy atom. The van der Waals surface area contributed by atoms with Crippen LogP contribution < -0.4 is 10.6 Å². The predicted octanol–water partition coefficient (Wildman–Crippen LogP) is 1.68. The van der Waals surface area contributed by atoms with E-state index in [0.29, 0.717) is 0 Å². The molecule has 2 saturated heterocycles. The number of nitrogens with zero attached hydrogens (tertiary/aromatic N) is 9. The molecule has 0 aromatic carbocycles. The van der Waals surface area contributed by atoms with Gasteiger partial charge in [0, 0.05) is 76.4 Å². The van der Waals surface area contributed by atoms with Gasteiger partial charge in [0.15, 0.2) is 0 Å². The van der Waals surface area contributed by atoms with Crippen LogP contribution in [0.25, 0.3) is 0 Å². The summed E-state index contributed by atoms with van der Waals surface area (Å²) in [4.78, 5) is 26.7. The molecule has 2 aromatic heterocycles. The van der Waals surface area contributed by atoms with E-state index in [1.165, 1.54) is 25.7 Å². The Morgan fingerprint density at radius 2 is 1.70 bits per heavy atom. The van der Waals surface area contributed by atoms with Crippen molar-refractivity contribution < 1.29 is 0 Å². The zero-order chi connectivity index (χ0) is 25.6. The van der Waals surface area contributed by atoms with Gasteiger partial charge in [0.1, 0.15) is 5.82 Å². The Bertz CT molecular complexity index is 1200. The van der Waals surface area contributed by atoms with Crippen LogP contribution in [0.15, 0.2) is 29.5 Å². The fourth-order valence-corrected chi connectivity index (χ4v) is 5.59. The summed E-state index contributed by atoms with van der Waals surface area (Å²) in [6.45, 7) is 8.73. The minimum absolute atomic E-state index is 0.244. The van der Waals surface area contributed by atoms with Gasteiger partial charge in [-0.05, 0) is 31.9 Å². The Labute approximate surface area is 218 Å². The van der Waals surface area contributed by atoms with Gasteiger partial charge in [-0.3, -0.25) is 9.88 Å². The maximum Gasteiger partial charge on any atom is 0.222 e. The third kappa shape index (κ3) is 5.76. The lowest BCUT2D eigenvalue weighted by Gasteiger charge is -2.44. The van der Waals surface area contributed by atoms with Crippen LogP contribution in [0.3, 0.4) is 0 Å². The van der Waals surface area contributed by atoms with Crippen molar-refractivity contribution in [3.63, 3.8) is 0 Å². The van der Waals surface area contributed by atoms with Crippen molar-refractivity contribution in [2.75, 3.05) is 63.0 Å². The molecule has 2 aliphatic heterocycles. The van der Waals surface area contributed by atoms with Crippen LogP contribution in [0.1, 0.15) is 42.5 Å². The van der Waals surface area contributed by atoms with E-state index >= 15 is 0 Å². The van der Waals surface area contributed by atoms with Gasteiger partial charge >= 0.3 is 0 Å². The first-order valence-electron chi connectivity index (χ1n) is 13.1. The van der Waals surface area contributed by atoms with Crippen molar-refractivity contribution >= 4 is 17.7 Å². The van der Waals surface area contributed by atoms with E-state index < -0.39 is 0 Å². The molecule has 192 valence electrons. The van der Waals surface area contributed by atoms with Gasteiger partial charge in [-0.2, -0.15) is 10.2 Å². The summed E-state index contributed by atoms with van der Waals surface area (Å²) in [6, 6.07) is 4.53. The normalized spacial score (nSPS) is 19.5. The molecule has 1 saturated carbocycles. The molecule has 0 unspecified atom stereocenters. The number of pyridine rings is 1. The highest BCUT2D eigenvalue weighted by Gasteiger charge is 2.31. The Hall–Kier alpha value is -3.89. The topological polar surface area (TPSA) is 114 Å². The van der Waals surface area contributed by atoms with Crippen LogP contribution in [-0.2, 0) is 0 Å². The first-order valence-corrected chi connectivity index (χ1v) is 13.1. The van der Waals surface area contributed by atoms with Crippen LogP contribution in [-0.4, -0.2) is 94.0 Å². The summed E-state index contributed by atoms with van der Waals surface area (Å²) < 4.78 is 0. The van der Waals surface area contributed by atoms with Gasteiger partial charge in [0.2, 0.25) is 18.1 Å². The highest BCUT2D eigenvalue weighted by molar-refractivity contribution is 5.81. The van der Waals surface area contributed by atoms with Crippen LogP contribution in [0, 0.1) is 30.2 Å². The summed E-state index contributed by atoms with van der Waals surface area (Å²) in [5.74, 6) is 8.22. The molecular formula is C27H34N10. The average Bonchev–Trinajstić information content (AvgIpc) is 3.47. The molecule has 0 atom stereocenters. The van der Waals surface area contributed by atoms with E-state index in [0.717, 1.165) is 87.0 Å². The number of rotatable bonds is 2. The number of nitrogen functional groups attached to an aromatic ring is 1. The number of hydrogen-bond acceptors (Lipinski definition) is 8. The van der Waals surface area contributed by atoms with E-state index in [1.807, 2.05) is 25.2 Å². The summed E-state index contributed by atoms with van der Waals surface area (Å²) in [5, 5.41) is 9.44. The molecule has 3 aliphatic rings. The first-order chi connectivity index (χ1) is 18.1. The third-order valence-electron chi connectivity index (χ3n) is 7.53. The Morgan fingerprint density at radius 3 is 2.35 bits per heavy atom. The Kier molecular flexibility index (Phi) is 7.67. The van der Waals surface area contributed by atoms with Gasteiger partial charge < -0.3 is 20.4 Å². The SMILES string of the molecule is Cc1nc(N)nc(N2CCN(C(=NC#N)N3CCN(C4CCCC4)CC3)CC2)c1C#Cc1cccnc1. The number of aromatic nitrogens is 3. The lowest BCUT2D eigenvalue weighted by molar-refractivity contribution is 0.125. The molecule has 3 fully saturated rings. The number of nitriles is 1. The largest absolute Gasteiger partial charge is 0.368 e. The smallest absolute Gasteiger partial charge is 0.222 e. The molecule has 10 heteroatoms. The standard InChI is InChI=1S/C27H34N10/c1-21-24(9-8-22-5-4-10-30-19-22)25(33-26(29)32-21)35-13-17-37(18-14-35)27(31-20-28)36-15-11-34(12-16-36)23-6-2-3-7-23/h4-5,10,19,23H,2-3,6-7,11-18H2,1H3,(H2,29,32,33). The van der Waals surface area contributed by atoms with Crippen molar-refractivity contribution in [2.24, 2.45) is 4.99 Å². The molecule has 37 heavy (non-hydrogen) atoms. The summed E-state index contributed by atoms with van der Waals surface area (Å²) >= 11 is 0. The number of nitrogens with two attached hydrogens (primary N) is 1. The quantitative estimate of drug-likeness (QED) is 0.286. The molecule has 0 radical (unpaired) electrons. The fourth-order valence-electron chi connectivity index (χ4n) is 5.59. The molecule has 4 heterocycles. The van der Waals surface area contributed by atoms with Gasteiger partial charge in [0.25, 0.3) is 0 Å². The van der Waals surface area contributed by atoms with Crippen molar-refractivity contribution in [2.45, 2.75) is 38.6 Å². The number of guanidine groups is 1. The van der Waals surface area contributed by atoms with Crippen LogP contribution in [0.5, 0.6) is 0 Å². The average molecular weight is 499 g/mol. The maximum absolute atomic E-state index is 9.44. The van der Waals surface area contributed by atoms with Gasteiger partial charge in [-0.15, -0.1) is 4.99 Å². The molecule has 5 rings (SSSR count). The van der Waals surface area contributed by atoms with Crippen molar-refractivity contribution in [3.8, 4) is 18.0 Å². The van der Waals surface area contributed by atoms with E-state index in [1.54, 1.807) is 12.4 Å². The zero-order valence-electron chi connectivity index (χ0n) is 21.5. The van der Waals surface area contributed by atoms with E-state index in [-0.39, 0.29) is 5.95 Å². The summed E-state index contributed by atoms with van der Waals surface area (Å²) in [5.41, 5.74) is 8.40. The minimum atomic E-state index is 0.244. The lowest BCUT2D eigenvalue weighted by Crippen LogP contribution is -2.58. The molecule has 2 aromatic rings. The fraction of sp³-hybridized carbons (Fsp3) is 0.519. The van der Waals surface area contributed by atoms with Gasteiger partial charge in [0.05, 0.1) is 11.3 Å². The van der Waals surface area contributed by atoms with Crippen LogP contribution >= 0.6 is 0 Å². The highest BCUT2D eigenvalue weighted by Crippen LogP contribution is 2.25. The second-order valence-electron chi connectivity index (χ2n) is 9.80. The molecule has 0 amide bonds. The molecule has 0 bridgehead atoms. The van der Waals surface area contributed by atoms with Crippen molar-refractivity contribution in [3.05, 3.63) is 41.3 Å². The number of piperazine rings is 2. The number of aryl methyl sites for hydroxylation is 1.